The predicted octanol–water partition coefficient (Wildman–Crippen LogP) is 6.01. The number of carbonyl (C=O) groups excluding carboxylic acids is 1. The molecule has 0 unspecified atom stereocenters. The first kappa shape index (κ1) is 22.7. The summed E-state index contributed by atoms with van der Waals surface area (Å²) in [6, 6.07) is 21.1. The number of aryl methyl sites for hydroxylation is 1. The lowest BCUT2D eigenvalue weighted by molar-refractivity contribution is 0.0374. The maximum Gasteiger partial charge on any atom is 0.257 e. The van der Waals surface area contributed by atoms with Crippen LogP contribution in [0.5, 0.6) is 0 Å². The molecule has 0 aliphatic carbocycles. The molecule has 168 valence electrons. The number of fused-ring (bicyclic) bond motifs is 1. The van der Waals surface area contributed by atoms with Crippen molar-refractivity contribution in [3.05, 3.63) is 89.1 Å². The number of hydrogen-bond acceptors (Lipinski definition) is 5. The van der Waals surface area contributed by atoms with Crippen molar-refractivity contribution in [2.24, 2.45) is 0 Å². The molecule has 0 atom stereocenters. The van der Waals surface area contributed by atoms with Gasteiger partial charge in [0.25, 0.3) is 5.91 Å². The maximum absolute atomic E-state index is 13.0. The van der Waals surface area contributed by atoms with Crippen molar-refractivity contribution >= 4 is 39.7 Å². The normalized spacial score (nSPS) is 10.9. The topological polar surface area (TPSA) is 66.5 Å². The maximum atomic E-state index is 13.0. The average Bonchev–Trinajstić information content (AvgIpc) is 2.83. The van der Waals surface area contributed by atoms with Crippen molar-refractivity contribution in [1.82, 2.24) is 10.5 Å². The molecule has 4 rings (SSSR count). The largest absolute Gasteiger partial charge is 0.322 e. The second-order valence-electron chi connectivity index (χ2n) is 7.52. The van der Waals surface area contributed by atoms with Gasteiger partial charge in [-0.2, -0.15) is 10.4 Å². The second-order valence-corrected chi connectivity index (χ2v) is 7.93. The van der Waals surface area contributed by atoms with Crippen molar-refractivity contribution < 1.29 is 9.73 Å². The van der Waals surface area contributed by atoms with E-state index in [0.717, 1.165) is 33.3 Å². The molecule has 2 N–H and O–H groups in total. The van der Waals surface area contributed by atoms with Gasteiger partial charge in [0.2, 0.25) is 0 Å². The summed E-state index contributed by atoms with van der Waals surface area (Å²) in [5.41, 5.74) is 7.36. The Morgan fingerprint density at radius 3 is 2.67 bits per heavy atom. The number of amides is 1. The molecule has 0 saturated carbocycles. The number of rotatable bonds is 7. The Balaban J connectivity index is 1.62. The highest BCUT2D eigenvalue weighted by molar-refractivity contribution is 6.34. The van der Waals surface area contributed by atoms with E-state index in [4.69, 9.17) is 16.5 Å². The molecule has 3 aromatic carbocycles. The molecule has 1 amide bonds. The van der Waals surface area contributed by atoms with E-state index in [1.54, 1.807) is 36.5 Å². The van der Waals surface area contributed by atoms with Gasteiger partial charge in [0.15, 0.2) is 0 Å². The Morgan fingerprint density at radius 2 is 1.91 bits per heavy atom. The molecule has 0 bridgehead atoms. The lowest BCUT2D eigenvalue weighted by atomic mass is 9.99. The fourth-order valence-electron chi connectivity index (χ4n) is 3.74. The standard InChI is InChI=1S/C26H25ClN4O2/c1-4-31(33-28-3)20-11-12-22(24(27)16-20)26(32)30-19-10-9-17(2)23(15-19)25-21-8-6-5-7-18(21)13-14-29-25/h5-16,28H,4H2,1-3H3,(H,30,32). The van der Waals surface area contributed by atoms with Crippen LogP contribution in [0.2, 0.25) is 5.02 Å². The van der Waals surface area contributed by atoms with Crippen LogP contribution in [-0.4, -0.2) is 24.5 Å². The Labute approximate surface area is 198 Å². The van der Waals surface area contributed by atoms with Crippen LogP contribution >= 0.6 is 11.6 Å². The minimum absolute atomic E-state index is 0.287. The predicted molar refractivity (Wildman–Crippen MR) is 134 cm³/mol. The SMILES string of the molecule is CCN(ONC)c1ccc(C(=O)Nc2ccc(C)c(-c3nccc4ccccc34)c2)c(Cl)c1. The number of hydrogen-bond donors (Lipinski definition) is 2. The molecule has 0 fully saturated rings. The first-order valence-electron chi connectivity index (χ1n) is 10.7. The third-order valence-corrected chi connectivity index (χ3v) is 5.71. The molecule has 0 saturated heterocycles. The quantitative estimate of drug-likeness (QED) is 0.331. The Hall–Kier alpha value is -3.45. The van der Waals surface area contributed by atoms with Crippen LogP contribution in [0.25, 0.3) is 22.0 Å². The monoisotopic (exact) mass is 460 g/mol. The number of nitrogens with zero attached hydrogens (tertiary/aromatic N) is 2. The molecular weight excluding hydrogens is 436 g/mol. The summed E-state index contributed by atoms with van der Waals surface area (Å²) >= 11 is 6.44. The number of carbonyl (C=O) groups is 1. The number of pyridine rings is 1. The van der Waals surface area contributed by atoms with Gasteiger partial charge >= 0.3 is 0 Å². The zero-order valence-corrected chi connectivity index (χ0v) is 19.5. The Kier molecular flexibility index (Phi) is 6.89. The van der Waals surface area contributed by atoms with Crippen LogP contribution in [0.4, 0.5) is 11.4 Å². The Morgan fingerprint density at radius 1 is 1.09 bits per heavy atom. The van der Waals surface area contributed by atoms with Crippen molar-refractivity contribution in [3.63, 3.8) is 0 Å². The summed E-state index contributed by atoms with van der Waals surface area (Å²) < 4.78 is 0. The van der Waals surface area contributed by atoms with Crippen molar-refractivity contribution in [1.29, 1.82) is 0 Å². The first-order valence-corrected chi connectivity index (χ1v) is 11.1. The molecular formula is C26H25ClN4O2. The van der Waals surface area contributed by atoms with Gasteiger partial charge < -0.3 is 5.32 Å². The molecule has 0 spiro atoms. The molecule has 4 aromatic rings. The molecule has 0 aliphatic rings. The van der Waals surface area contributed by atoms with Gasteiger partial charge in [-0.25, -0.2) is 5.06 Å². The molecule has 7 heteroatoms. The van der Waals surface area contributed by atoms with Gasteiger partial charge in [-0.1, -0.05) is 41.9 Å². The highest BCUT2D eigenvalue weighted by atomic mass is 35.5. The molecule has 1 aromatic heterocycles. The average molecular weight is 461 g/mol. The van der Waals surface area contributed by atoms with Crippen LogP contribution in [0, 0.1) is 6.92 Å². The zero-order chi connectivity index (χ0) is 23.4. The van der Waals surface area contributed by atoms with E-state index in [2.05, 4.69) is 27.9 Å². The van der Waals surface area contributed by atoms with Gasteiger partial charge in [-0.15, -0.1) is 0 Å². The number of halogens is 1. The minimum atomic E-state index is -0.287. The van der Waals surface area contributed by atoms with Crippen LogP contribution in [-0.2, 0) is 4.94 Å². The number of benzene rings is 3. The van der Waals surface area contributed by atoms with Gasteiger partial charge in [-0.05, 0) is 61.2 Å². The third-order valence-electron chi connectivity index (χ3n) is 5.40. The van der Waals surface area contributed by atoms with Crippen molar-refractivity contribution in [2.45, 2.75) is 13.8 Å². The minimum Gasteiger partial charge on any atom is -0.322 e. The van der Waals surface area contributed by atoms with Gasteiger partial charge in [0.05, 0.1) is 22.0 Å². The zero-order valence-electron chi connectivity index (χ0n) is 18.7. The molecule has 33 heavy (non-hydrogen) atoms. The highest BCUT2D eigenvalue weighted by Crippen LogP contribution is 2.31. The first-order chi connectivity index (χ1) is 16.0. The van der Waals surface area contributed by atoms with Gasteiger partial charge in [-0.3, -0.25) is 9.78 Å². The van der Waals surface area contributed by atoms with E-state index in [1.165, 1.54) is 0 Å². The van der Waals surface area contributed by atoms with Crippen LogP contribution < -0.4 is 15.9 Å². The van der Waals surface area contributed by atoms with Crippen LogP contribution in [0.3, 0.4) is 0 Å². The fraction of sp³-hybridized carbons (Fsp3) is 0.154. The van der Waals surface area contributed by atoms with E-state index in [9.17, 15) is 4.79 Å². The Bertz CT molecular complexity index is 1300. The van der Waals surface area contributed by atoms with Crippen LogP contribution in [0.1, 0.15) is 22.8 Å². The van der Waals surface area contributed by atoms with E-state index in [1.807, 2.05) is 50.2 Å². The lowest BCUT2D eigenvalue weighted by Gasteiger charge is -2.21. The smallest absolute Gasteiger partial charge is 0.257 e. The number of anilines is 2. The van der Waals surface area contributed by atoms with Crippen molar-refractivity contribution in [3.8, 4) is 11.3 Å². The molecule has 0 radical (unpaired) electrons. The van der Waals surface area contributed by atoms with E-state index < -0.39 is 0 Å². The lowest BCUT2D eigenvalue weighted by Crippen LogP contribution is -2.29. The summed E-state index contributed by atoms with van der Waals surface area (Å²) in [6.45, 7) is 4.59. The third kappa shape index (κ3) is 4.83. The van der Waals surface area contributed by atoms with E-state index in [-0.39, 0.29) is 5.91 Å². The molecule has 6 nitrogen and oxygen atoms in total. The van der Waals surface area contributed by atoms with Crippen LogP contribution in [0.15, 0.2) is 72.9 Å². The van der Waals surface area contributed by atoms with Crippen molar-refractivity contribution in [2.75, 3.05) is 24.0 Å². The summed E-state index contributed by atoms with van der Waals surface area (Å²) in [7, 11) is 1.68. The number of nitrogens with one attached hydrogen (secondary N) is 2. The fourth-order valence-corrected chi connectivity index (χ4v) is 4.00. The van der Waals surface area contributed by atoms with Gasteiger partial charge in [0.1, 0.15) is 0 Å². The summed E-state index contributed by atoms with van der Waals surface area (Å²) in [5.74, 6) is -0.287. The number of hydroxylamine groups is 2. The second kappa shape index (κ2) is 10.0. The van der Waals surface area contributed by atoms with Gasteiger partial charge in [0, 0.05) is 36.4 Å². The summed E-state index contributed by atoms with van der Waals surface area (Å²) in [6.07, 6.45) is 1.81. The number of aromatic nitrogens is 1. The molecule has 0 aliphatic heterocycles. The highest BCUT2D eigenvalue weighted by Gasteiger charge is 2.15. The summed E-state index contributed by atoms with van der Waals surface area (Å²) in [5, 5.41) is 7.12. The molecule has 1 heterocycles. The van der Waals surface area contributed by atoms with E-state index >= 15 is 0 Å². The summed E-state index contributed by atoms with van der Waals surface area (Å²) in [4.78, 5) is 23.0. The van der Waals surface area contributed by atoms with E-state index in [0.29, 0.717) is 22.8 Å².